The Morgan fingerprint density at radius 3 is 2.16 bits per heavy atom. The number of carbonyl (C=O) groups excluding carboxylic acids is 3. The Kier molecular flexibility index (Phi) is 4.65. The molecule has 2 aromatic carbocycles. The SMILES string of the molecule is COc1ccc(NC(=O)NCCN2C(=O)c3ccccc3C2=O)cc1. The number of nitrogens with zero attached hydrogens (tertiary/aromatic N) is 1. The number of nitrogens with one attached hydrogen (secondary N) is 2. The van der Waals surface area contributed by atoms with Crippen LogP contribution in [0.15, 0.2) is 48.5 Å². The molecule has 1 aliphatic heterocycles. The molecule has 7 nitrogen and oxygen atoms in total. The topological polar surface area (TPSA) is 87.7 Å². The van der Waals surface area contributed by atoms with E-state index < -0.39 is 6.03 Å². The molecule has 0 unspecified atom stereocenters. The lowest BCUT2D eigenvalue weighted by molar-refractivity contribution is 0.0656. The summed E-state index contributed by atoms with van der Waals surface area (Å²) in [5.41, 5.74) is 1.41. The molecule has 4 amide bonds. The second-order valence-electron chi connectivity index (χ2n) is 5.42. The molecule has 0 saturated carbocycles. The van der Waals surface area contributed by atoms with E-state index in [1.54, 1.807) is 55.6 Å². The van der Waals surface area contributed by atoms with Crippen LogP contribution in [0.2, 0.25) is 0 Å². The molecule has 7 heteroatoms. The number of carbonyl (C=O) groups is 3. The van der Waals surface area contributed by atoms with Gasteiger partial charge in [0.15, 0.2) is 0 Å². The van der Waals surface area contributed by atoms with Gasteiger partial charge in [-0.15, -0.1) is 0 Å². The molecule has 0 aliphatic carbocycles. The Morgan fingerprint density at radius 1 is 1.00 bits per heavy atom. The van der Waals surface area contributed by atoms with Gasteiger partial charge in [-0.1, -0.05) is 12.1 Å². The summed E-state index contributed by atoms with van der Waals surface area (Å²) in [6.45, 7) is 0.274. The maximum atomic E-state index is 12.2. The van der Waals surface area contributed by atoms with Crippen LogP contribution in [0.5, 0.6) is 5.75 Å². The van der Waals surface area contributed by atoms with Crippen LogP contribution in [-0.2, 0) is 0 Å². The number of anilines is 1. The first-order valence-electron chi connectivity index (χ1n) is 7.74. The maximum absolute atomic E-state index is 12.2. The molecule has 0 atom stereocenters. The lowest BCUT2D eigenvalue weighted by atomic mass is 10.1. The zero-order valence-electron chi connectivity index (χ0n) is 13.6. The summed E-state index contributed by atoms with van der Waals surface area (Å²) in [7, 11) is 1.56. The number of rotatable bonds is 5. The number of hydrogen-bond donors (Lipinski definition) is 2. The number of fused-ring (bicyclic) bond motifs is 1. The molecule has 2 aromatic rings. The van der Waals surface area contributed by atoms with Crippen LogP contribution in [0.25, 0.3) is 0 Å². The molecule has 0 radical (unpaired) electrons. The monoisotopic (exact) mass is 339 g/mol. The highest BCUT2D eigenvalue weighted by molar-refractivity contribution is 6.21. The minimum Gasteiger partial charge on any atom is -0.497 e. The number of hydrogen-bond acceptors (Lipinski definition) is 4. The van der Waals surface area contributed by atoms with Crippen molar-refractivity contribution in [3.05, 3.63) is 59.7 Å². The average molecular weight is 339 g/mol. The van der Waals surface area contributed by atoms with E-state index in [0.717, 1.165) is 4.90 Å². The van der Waals surface area contributed by atoms with Gasteiger partial charge in [-0.3, -0.25) is 14.5 Å². The maximum Gasteiger partial charge on any atom is 0.319 e. The molecule has 3 rings (SSSR count). The smallest absolute Gasteiger partial charge is 0.319 e. The van der Waals surface area contributed by atoms with Gasteiger partial charge >= 0.3 is 6.03 Å². The van der Waals surface area contributed by atoms with Crippen molar-refractivity contribution in [2.75, 3.05) is 25.5 Å². The van der Waals surface area contributed by atoms with Crippen molar-refractivity contribution >= 4 is 23.5 Å². The van der Waals surface area contributed by atoms with E-state index >= 15 is 0 Å². The second-order valence-corrected chi connectivity index (χ2v) is 5.42. The van der Waals surface area contributed by atoms with Crippen molar-refractivity contribution in [1.82, 2.24) is 10.2 Å². The fourth-order valence-corrected chi connectivity index (χ4v) is 2.57. The summed E-state index contributed by atoms with van der Waals surface area (Å²) < 4.78 is 5.05. The van der Waals surface area contributed by atoms with Gasteiger partial charge in [-0.05, 0) is 36.4 Å². The Balaban J connectivity index is 1.50. The highest BCUT2D eigenvalue weighted by atomic mass is 16.5. The lowest BCUT2D eigenvalue weighted by Crippen LogP contribution is -2.39. The molecule has 1 aliphatic rings. The van der Waals surface area contributed by atoms with Gasteiger partial charge < -0.3 is 15.4 Å². The quantitative estimate of drug-likeness (QED) is 0.817. The number of methoxy groups -OCH3 is 1. The van der Waals surface area contributed by atoms with Crippen molar-refractivity contribution in [1.29, 1.82) is 0 Å². The highest BCUT2D eigenvalue weighted by Crippen LogP contribution is 2.21. The fraction of sp³-hybridized carbons (Fsp3) is 0.167. The van der Waals surface area contributed by atoms with Gasteiger partial charge in [0.25, 0.3) is 11.8 Å². The van der Waals surface area contributed by atoms with Gasteiger partial charge in [0, 0.05) is 18.8 Å². The number of urea groups is 1. The fourth-order valence-electron chi connectivity index (χ4n) is 2.57. The third-order valence-corrected chi connectivity index (χ3v) is 3.85. The van der Waals surface area contributed by atoms with Crippen LogP contribution < -0.4 is 15.4 Å². The van der Waals surface area contributed by atoms with E-state index in [9.17, 15) is 14.4 Å². The first kappa shape index (κ1) is 16.5. The molecular formula is C18H17N3O4. The van der Waals surface area contributed by atoms with Crippen molar-refractivity contribution in [2.24, 2.45) is 0 Å². The van der Waals surface area contributed by atoms with E-state index in [2.05, 4.69) is 10.6 Å². The minimum atomic E-state index is -0.415. The van der Waals surface area contributed by atoms with Crippen molar-refractivity contribution in [3.63, 3.8) is 0 Å². The summed E-state index contributed by atoms with van der Waals surface area (Å²) in [6.07, 6.45) is 0. The van der Waals surface area contributed by atoms with Gasteiger partial charge in [-0.2, -0.15) is 0 Å². The Bertz CT molecular complexity index is 782. The predicted molar refractivity (Wildman–Crippen MR) is 91.8 cm³/mol. The lowest BCUT2D eigenvalue weighted by Gasteiger charge is -2.14. The zero-order chi connectivity index (χ0) is 17.8. The molecule has 0 spiro atoms. The Morgan fingerprint density at radius 2 is 1.60 bits per heavy atom. The van der Waals surface area contributed by atoms with Crippen LogP contribution in [-0.4, -0.2) is 42.9 Å². The molecule has 0 fully saturated rings. The van der Waals surface area contributed by atoms with Gasteiger partial charge in [0.05, 0.1) is 18.2 Å². The van der Waals surface area contributed by atoms with Gasteiger partial charge in [0.2, 0.25) is 0 Å². The molecule has 0 saturated heterocycles. The van der Waals surface area contributed by atoms with Gasteiger partial charge in [0.1, 0.15) is 5.75 Å². The van der Waals surface area contributed by atoms with Crippen LogP contribution in [0.3, 0.4) is 0 Å². The van der Waals surface area contributed by atoms with Crippen LogP contribution in [0, 0.1) is 0 Å². The van der Waals surface area contributed by atoms with E-state index in [1.807, 2.05) is 0 Å². The number of ether oxygens (including phenoxy) is 1. The normalized spacial score (nSPS) is 12.8. The molecule has 128 valence electrons. The summed E-state index contributed by atoms with van der Waals surface area (Å²) in [4.78, 5) is 37.4. The van der Waals surface area contributed by atoms with E-state index in [1.165, 1.54) is 0 Å². The summed E-state index contributed by atoms with van der Waals surface area (Å²) in [5.74, 6) is 0.0208. The molecule has 25 heavy (non-hydrogen) atoms. The second kappa shape index (κ2) is 7.04. The Hall–Kier alpha value is -3.35. The summed E-state index contributed by atoms with van der Waals surface area (Å²) in [5, 5.41) is 5.29. The molecule has 0 aromatic heterocycles. The third-order valence-electron chi connectivity index (χ3n) is 3.85. The summed E-state index contributed by atoms with van der Waals surface area (Å²) >= 11 is 0. The van der Waals surface area contributed by atoms with E-state index in [0.29, 0.717) is 22.6 Å². The van der Waals surface area contributed by atoms with E-state index in [-0.39, 0.29) is 24.9 Å². The van der Waals surface area contributed by atoms with Crippen molar-refractivity contribution in [3.8, 4) is 5.75 Å². The number of benzene rings is 2. The molecular weight excluding hydrogens is 322 g/mol. The van der Waals surface area contributed by atoms with Crippen molar-refractivity contribution < 1.29 is 19.1 Å². The van der Waals surface area contributed by atoms with Crippen LogP contribution in [0.1, 0.15) is 20.7 Å². The zero-order valence-corrected chi connectivity index (χ0v) is 13.6. The van der Waals surface area contributed by atoms with Crippen LogP contribution in [0.4, 0.5) is 10.5 Å². The largest absolute Gasteiger partial charge is 0.497 e. The Labute approximate surface area is 144 Å². The average Bonchev–Trinajstić information content (AvgIpc) is 2.87. The van der Waals surface area contributed by atoms with Crippen LogP contribution >= 0.6 is 0 Å². The highest BCUT2D eigenvalue weighted by Gasteiger charge is 2.34. The third kappa shape index (κ3) is 3.45. The number of imide groups is 1. The molecule has 1 heterocycles. The van der Waals surface area contributed by atoms with Crippen molar-refractivity contribution in [2.45, 2.75) is 0 Å². The minimum absolute atomic E-state index is 0.113. The first-order chi connectivity index (χ1) is 12.1. The first-order valence-corrected chi connectivity index (χ1v) is 7.74. The van der Waals surface area contributed by atoms with Gasteiger partial charge in [-0.25, -0.2) is 4.79 Å². The standard InChI is InChI=1S/C18H17N3O4/c1-25-13-8-6-12(7-9-13)20-18(24)19-10-11-21-16(22)14-4-2-3-5-15(14)17(21)23/h2-9H,10-11H2,1H3,(H2,19,20,24). The molecule has 2 N–H and O–H groups in total. The predicted octanol–water partition coefficient (Wildman–Crippen LogP) is 2.11. The van der Waals surface area contributed by atoms with E-state index in [4.69, 9.17) is 4.74 Å². The summed E-state index contributed by atoms with van der Waals surface area (Å²) in [6, 6.07) is 13.1. The number of amides is 4. The molecule has 0 bridgehead atoms.